The molecule has 108 valence electrons. The number of nitrogens with zero attached hydrogens (tertiary/aromatic N) is 3. The van der Waals surface area contributed by atoms with Crippen molar-refractivity contribution >= 4 is 23.8 Å². The van der Waals surface area contributed by atoms with E-state index in [9.17, 15) is 15.0 Å². The fourth-order valence-corrected chi connectivity index (χ4v) is 2.75. The maximum Gasteiger partial charge on any atom is 0.278 e. The zero-order valence-corrected chi connectivity index (χ0v) is 11.4. The van der Waals surface area contributed by atoms with Gasteiger partial charge in [-0.15, -0.1) is 0 Å². The molecule has 3 heterocycles. The van der Waals surface area contributed by atoms with Crippen LogP contribution in [0, 0.1) is 0 Å². The van der Waals surface area contributed by atoms with E-state index in [1.807, 2.05) is 0 Å². The SMILES string of the molecule is CC(O)C1OC(n2cnc3c(=O)[nH]cnc32)C(S)C1O. The average molecular weight is 298 g/mol. The van der Waals surface area contributed by atoms with Crippen molar-refractivity contribution in [3.05, 3.63) is 23.0 Å². The van der Waals surface area contributed by atoms with Crippen molar-refractivity contribution in [3.8, 4) is 0 Å². The Bertz CT molecular complexity index is 684. The second-order valence-corrected chi connectivity index (χ2v) is 5.37. The molecule has 3 N–H and O–H groups in total. The molecule has 8 nitrogen and oxygen atoms in total. The van der Waals surface area contributed by atoms with Gasteiger partial charge in [-0.1, -0.05) is 0 Å². The normalized spacial score (nSPS) is 31.8. The molecule has 5 atom stereocenters. The zero-order chi connectivity index (χ0) is 14.4. The van der Waals surface area contributed by atoms with E-state index in [2.05, 4.69) is 27.6 Å². The summed E-state index contributed by atoms with van der Waals surface area (Å²) in [6.45, 7) is 1.53. The van der Waals surface area contributed by atoms with Gasteiger partial charge in [-0.3, -0.25) is 9.36 Å². The van der Waals surface area contributed by atoms with Gasteiger partial charge in [0, 0.05) is 0 Å². The number of ether oxygens (including phenoxy) is 1. The summed E-state index contributed by atoms with van der Waals surface area (Å²) in [5, 5.41) is 19.1. The summed E-state index contributed by atoms with van der Waals surface area (Å²) in [7, 11) is 0. The number of aliphatic hydroxyl groups excluding tert-OH is 2. The lowest BCUT2D eigenvalue weighted by Gasteiger charge is -2.17. The first kappa shape index (κ1) is 13.6. The Kier molecular flexibility index (Phi) is 3.28. The summed E-state index contributed by atoms with van der Waals surface area (Å²) in [5.41, 5.74) is 0.179. The van der Waals surface area contributed by atoms with Crippen LogP contribution in [0.2, 0.25) is 0 Å². The van der Waals surface area contributed by atoms with Crippen molar-refractivity contribution in [1.29, 1.82) is 0 Å². The van der Waals surface area contributed by atoms with Gasteiger partial charge in [0.2, 0.25) is 0 Å². The van der Waals surface area contributed by atoms with Crippen LogP contribution in [0.3, 0.4) is 0 Å². The second kappa shape index (κ2) is 4.85. The number of aromatic amines is 1. The molecule has 3 rings (SSSR count). The number of fused-ring (bicyclic) bond motifs is 1. The summed E-state index contributed by atoms with van der Waals surface area (Å²) in [4.78, 5) is 22.1. The predicted molar refractivity (Wildman–Crippen MR) is 72.5 cm³/mol. The van der Waals surface area contributed by atoms with Crippen LogP contribution < -0.4 is 5.56 Å². The van der Waals surface area contributed by atoms with Crippen LogP contribution >= 0.6 is 12.6 Å². The molecule has 2 aromatic rings. The van der Waals surface area contributed by atoms with E-state index in [0.717, 1.165) is 0 Å². The number of rotatable bonds is 2. The van der Waals surface area contributed by atoms with Crippen molar-refractivity contribution in [2.45, 2.75) is 36.7 Å². The smallest absolute Gasteiger partial charge is 0.278 e. The maximum atomic E-state index is 11.6. The minimum atomic E-state index is -0.928. The summed E-state index contributed by atoms with van der Waals surface area (Å²) >= 11 is 4.33. The highest BCUT2D eigenvalue weighted by atomic mass is 32.1. The van der Waals surface area contributed by atoms with E-state index in [-0.39, 0.29) is 11.1 Å². The van der Waals surface area contributed by atoms with E-state index in [1.54, 1.807) is 0 Å². The molecular weight excluding hydrogens is 284 g/mol. The summed E-state index contributed by atoms with van der Waals surface area (Å²) in [6.07, 6.45) is -0.487. The Balaban J connectivity index is 2.04. The van der Waals surface area contributed by atoms with Gasteiger partial charge in [-0.25, -0.2) is 9.97 Å². The van der Waals surface area contributed by atoms with Crippen molar-refractivity contribution in [1.82, 2.24) is 19.5 Å². The zero-order valence-electron chi connectivity index (χ0n) is 10.5. The van der Waals surface area contributed by atoms with Gasteiger partial charge >= 0.3 is 0 Å². The van der Waals surface area contributed by atoms with Crippen LogP contribution in [0.5, 0.6) is 0 Å². The highest BCUT2D eigenvalue weighted by molar-refractivity contribution is 7.81. The molecule has 0 aromatic carbocycles. The predicted octanol–water partition coefficient (Wildman–Crippen LogP) is -0.943. The molecule has 1 saturated heterocycles. The Hall–Kier alpha value is -1.42. The van der Waals surface area contributed by atoms with Gasteiger partial charge in [0.1, 0.15) is 6.10 Å². The average Bonchev–Trinajstić information content (AvgIpc) is 2.94. The lowest BCUT2D eigenvalue weighted by Crippen LogP contribution is -2.35. The maximum absolute atomic E-state index is 11.6. The fourth-order valence-electron chi connectivity index (χ4n) is 2.36. The van der Waals surface area contributed by atoms with Crippen molar-refractivity contribution in [3.63, 3.8) is 0 Å². The minimum Gasteiger partial charge on any atom is -0.391 e. The molecular formula is C11H14N4O4S. The Labute approximate surface area is 118 Å². The first-order chi connectivity index (χ1) is 9.50. The van der Waals surface area contributed by atoms with Crippen molar-refractivity contribution in [2.75, 3.05) is 0 Å². The number of aliphatic hydroxyl groups is 2. The van der Waals surface area contributed by atoms with Crippen LogP contribution in [0.25, 0.3) is 11.2 Å². The molecule has 20 heavy (non-hydrogen) atoms. The molecule has 0 amide bonds. The number of aromatic nitrogens is 4. The number of H-pyrrole nitrogens is 1. The molecule has 2 aromatic heterocycles. The number of thiol groups is 1. The highest BCUT2D eigenvalue weighted by Gasteiger charge is 2.45. The molecule has 1 aliphatic rings. The largest absolute Gasteiger partial charge is 0.391 e. The molecule has 0 spiro atoms. The summed E-state index contributed by atoms with van der Waals surface area (Å²) in [6, 6.07) is 0. The van der Waals surface area contributed by atoms with E-state index < -0.39 is 29.8 Å². The van der Waals surface area contributed by atoms with Gasteiger partial charge in [0.25, 0.3) is 5.56 Å². The third-order valence-electron chi connectivity index (χ3n) is 3.39. The first-order valence-electron chi connectivity index (χ1n) is 6.10. The van der Waals surface area contributed by atoms with Crippen LogP contribution in [0.4, 0.5) is 0 Å². The fraction of sp³-hybridized carbons (Fsp3) is 0.545. The van der Waals surface area contributed by atoms with Crippen LogP contribution in [0.15, 0.2) is 17.4 Å². The molecule has 0 saturated carbocycles. The Morgan fingerprint density at radius 2 is 2.30 bits per heavy atom. The monoisotopic (exact) mass is 298 g/mol. The third kappa shape index (κ3) is 1.94. The van der Waals surface area contributed by atoms with Gasteiger partial charge < -0.3 is 19.9 Å². The van der Waals surface area contributed by atoms with Gasteiger partial charge in [0.05, 0.1) is 30.1 Å². The van der Waals surface area contributed by atoms with E-state index in [1.165, 1.54) is 24.1 Å². The standard InChI is InChI=1S/C11H14N4O4S/c1-4(16)7-6(17)8(20)11(19-7)15-3-14-5-9(15)12-2-13-10(5)18/h2-4,6-8,11,16-17,20H,1H3,(H,12,13,18). The van der Waals surface area contributed by atoms with E-state index in [0.29, 0.717) is 5.65 Å². The molecule has 1 fully saturated rings. The molecule has 0 aliphatic carbocycles. The topological polar surface area (TPSA) is 113 Å². The van der Waals surface area contributed by atoms with E-state index in [4.69, 9.17) is 4.74 Å². The first-order valence-corrected chi connectivity index (χ1v) is 6.62. The summed E-state index contributed by atoms with van der Waals surface area (Å²) in [5.74, 6) is 0. The number of hydrogen-bond acceptors (Lipinski definition) is 7. The Morgan fingerprint density at radius 3 is 2.95 bits per heavy atom. The second-order valence-electron chi connectivity index (χ2n) is 4.77. The number of nitrogens with one attached hydrogen (secondary N) is 1. The minimum absolute atomic E-state index is 0.187. The number of hydrogen-bond donors (Lipinski definition) is 4. The molecule has 1 aliphatic heterocycles. The van der Waals surface area contributed by atoms with E-state index >= 15 is 0 Å². The van der Waals surface area contributed by atoms with Crippen molar-refractivity contribution < 1.29 is 14.9 Å². The van der Waals surface area contributed by atoms with Crippen LogP contribution in [0.1, 0.15) is 13.2 Å². The molecule has 9 heteroatoms. The molecule has 0 radical (unpaired) electrons. The summed E-state index contributed by atoms with van der Waals surface area (Å²) < 4.78 is 7.17. The quantitative estimate of drug-likeness (QED) is 0.532. The highest BCUT2D eigenvalue weighted by Crippen LogP contribution is 2.35. The lowest BCUT2D eigenvalue weighted by molar-refractivity contribution is -0.0749. The molecule has 5 unspecified atom stereocenters. The molecule has 0 bridgehead atoms. The third-order valence-corrected chi connectivity index (χ3v) is 3.95. The van der Waals surface area contributed by atoms with Gasteiger partial charge in [0.15, 0.2) is 17.4 Å². The van der Waals surface area contributed by atoms with Gasteiger partial charge in [-0.05, 0) is 6.92 Å². The van der Waals surface area contributed by atoms with Crippen LogP contribution in [-0.4, -0.2) is 53.3 Å². The lowest BCUT2D eigenvalue weighted by atomic mass is 10.1. The Morgan fingerprint density at radius 1 is 1.55 bits per heavy atom. The number of imidazole rings is 1. The van der Waals surface area contributed by atoms with Crippen molar-refractivity contribution in [2.24, 2.45) is 0 Å². The van der Waals surface area contributed by atoms with Crippen LogP contribution in [-0.2, 0) is 4.74 Å². The van der Waals surface area contributed by atoms with Gasteiger partial charge in [-0.2, -0.15) is 12.6 Å².